The number of hydrogen-bond acceptors (Lipinski definition) is 2. The normalized spacial score (nSPS) is 22.5. The Hall–Kier alpha value is -1.02. The summed E-state index contributed by atoms with van der Waals surface area (Å²) in [5.41, 5.74) is 8.89. The van der Waals surface area contributed by atoms with E-state index in [0.29, 0.717) is 12.0 Å². The lowest BCUT2D eigenvalue weighted by atomic mass is 9.68. The maximum atomic E-state index is 5.62. The van der Waals surface area contributed by atoms with Gasteiger partial charge in [0.15, 0.2) is 0 Å². The van der Waals surface area contributed by atoms with Crippen molar-refractivity contribution < 1.29 is 0 Å². The van der Waals surface area contributed by atoms with E-state index in [-0.39, 0.29) is 0 Å². The highest BCUT2D eigenvalue weighted by Gasteiger charge is 2.43. The van der Waals surface area contributed by atoms with Gasteiger partial charge in [-0.3, -0.25) is 0 Å². The van der Waals surface area contributed by atoms with E-state index in [1.165, 1.54) is 56.4 Å². The molecule has 0 unspecified atom stereocenters. The number of benzene rings is 1. The molecule has 2 nitrogen and oxygen atoms in total. The molecule has 1 aliphatic carbocycles. The van der Waals surface area contributed by atoms with Crippen LogP contribution in [0.2, 0.25) is 0 Å². The maximum absolute atomic E-state index is 5.62. The van der Waals surface area contributed by atoms with E-state index in [4.69, 9.17) is 5.73 Å². The van der Waals surface area contributed by atoms with Gasteiger partial charge in [0.2, 0.25) is 0 Å². The lowest BCUT2D eigenvalue weighted by Gasteiger charge is -2.53. The first-order chi connectivity index (χ1) is 8.31. The number of nitrogens with zero attached hydrogens (tertiary/aromatic N) is 1. The summed E-state index contributed by atoms with van der Waals surface area (Å²) in [7, 11) is 0. The molecule has 1 saturated heterocycles. The molecule has 3 rings (SSSR count). The van der Waals surface area contributed by atoms with Gasteiger partial charge in [-0.1, -0.05) is 31.4 Å². The first-order valence-corrected chi connectivity index (χ1v) is 6.85. The fourth-order valence-electron chi connectivity index (χ4n) is 3.41. The first kappa shape index (κ1) is 11.1. The van der Waals surface area contributed by atoms with E-state index in [0.717, 1.165) is 0 Å². The van der Waals surface area contributed by atoms with Gasteiger partial charge in [-0.05, 0) is 30.5 Å². The molecular weight excluding hydrogens is 208 g/mol. The summed E-state index contributed by atoms with van der Waals surface area (Å²) < 4.78 is 0. The maximum Gasteiger partial charge on any atom is 0.0366 e. The minimum absolute atomic E-state index is 0.643. The lowest BCUT2D eigenvalue weighted by molar-refractivity contribution is 0.139. The fraction of sp³-hybridized carbons (Fsp3) is 0.600. The summed E-state index contributed by atoms with van der Waals surface area (Å²) in [5.74, 6) is 0. The molecule has 0 amide bonds. The average molecular weight is 230 g/mol. The molecule has 2 aliphatic rings. The first-order valence-electron chi connectivity index (χ1n) is 6.85. The number of nitrogens with two attached hydrogens (primary N) is 1. The van der Waals surface area contributed by atoms with Gasteiger partial charge < -0.3 is 10.6 Å². The molecule has 1 heterocycles. The molecule has 2 heteroatoms. The third kappa shape index (κ3) is 2.06. The van der Waals surface area contributed by atoms with Gasteiger partial charge >= 0.3 is 0 Å². The van der Waals surface area contributed by atoms with Crippen LogP contribution in [0.4, 0.5) is 5.69 Å². The smallest absolute Gasteiger partial charge is 0.0366 e. The van der Waals surface area contributed by atoms with Crippen molar-refractivity contribution in [2.24, 2.45) is 11.1 Å². The Balaban J connectivity index is 1.63. The van der Waals surface area contributed by atoms with E-state index in [9.17, 15) is 0 Å². The van der Waals surface area contributed by atoms with Crippen LogP contribution in [0.15, 0.2) is 24.3 Å². The fourth-order valence-corrected chi connectivity index (χ4v) is 3.41. The lowest BCUT2D eigenvalue weighted by Crippen LogP contribution is -2.57. The van der Waals surface area contributed by atoms with Gasteiger partial charge in [0, 0.05) is 30.7 Å². The zero-order chi connectivity index (χ0) is 11.7. The van der Waals surface area contributed by atoms with Crippen LogP contribution < -0.4 is 10.6 Å². The Bertz CT molecular complexity index is 368. The quantitative estimate of drug-likeness (QED) is 0.846. The molecule has 0 atom stereocenters. The van der Waals surface area contributed by atoms with Crippen molar-refractivity contribution in [1.82, 2.24) is 0 Å². The van der Waals surface area contributed by atoms with Crippen molar-refractivity contribution >= 4 is 5.69 Å². The molecule has 1 aliphatic heterocycles. The Labute approximate surface area is 104 Å². The van der Waals surface area contributed by atoms with Crippen molar-refractivity contribution in [2.45, 2.75) is 38.6 Å². The predicted molar refractivity (Wildman–Crippen MR) is 72.1 cm³/mol. The Morgan fingerprint density at radius 3 is 2.24 bits per heavy atom. The van der Waals surface area contributed by atoms with Crippen LogP contribution in [0.1, 0.15) is 37.7 Å². The van der Waals surface area contributed by atoms with Gasteiger partial charge in [0.1, 0.15) is 0 Å². The molecule has 1 aromatic rings. The van der Waals surface area contributed by atoms with Crippen molar-refractivity contribution in [3.63, 3.8) is 0 Å². The third-order valence-electron chi connectivity index (χ3n) is 4.50. The van der Waals surface area contributed by atoms with E-state index in [1.807, 2.05) is 0 Å². The highest BCUT2D eigenvalue weighted by molar-refractivity contribution is 5.51. The second-order valence-electron chi connectivity index (χ2n) is 5.79. The summed E-state index contributed by atoms with van der Waals surface area (Å²) >= 11 is 0. The van der Waals surface area contributed by atoms with Crippen LogP contribution in [0.25, 0.3) is 0 Å². The monoisotopic (exact) mass is 230 g/mol. The summed E-state index contributed by atoms with van der Waals surface area (Å²) in [5, 5.41) is 0. The number of rotatable bonds is 2. The molecule has 1 aromatic carbocycles. The molecule has 2 N–H and O–H groups in total. The van der Waals surface area contributed by atoms with Crippen LogP contribution >= 0.6 is 0 Å². The van der Waals surface area contributed by atoms with Crippen molar-refractivity contribution in [2.75, 3.05) is 18.0 Å². The molecule has 2 fully saturated rings. The third-order valence-corrected chi connectivity index (χ3v) is 4.50. The predicted octanol–water partition coefficient (Wildman–Crippen LogP) is 2.92. The second kappa shape index (κ2) is 4.34. The molecule has 0 radical (unpaired) electrons. The van der Waals surface area contributed by atoms with Crippen molar-refractivity contribution in [1.29, 1.82) is 0 Å². The van der Waals surface area contributed by atoms with Crippen LogP contribution in [0.5, 0.6) is 0 Å². The minimum atomic E-state index is 0.643. The zero-order valence-electron chi connectivity index (χ0n) is 10.5. The molecule has 0 aromatic heterocycles. The van der Waals surface area contributed by atoms with Gasteiger partial charge in [-0.15, -0.1) is 0 Å². The van der Waals surface area contributed by atoms with E-state index in [2.05, 4.69) is 29.2 Å². The standard InChI is InChI=1S/C15H22N2/c16-10-13-4-6-14(7-5-13)17-11-15(12-17)8-2-1-3-9-15/h4-7H,1-3,8-12,16H2. The molecule has 17 heavy (non-hydrogen) atoms. The molecule has 1 saturated carbocycles. The molecular formula is C15H22N2. The second-order valence-corrected chi connectivity index (χ2v) is 5.79. The van der Waals surface area contributed by atoms with Gasteiger partial charge in [0.05, 0.1) is 0 Å². The number of anilines is 1. The van der Waals surface area contributed by atoms with Crippen LogP contribution in [0, 0.1) is 5.41 Å². The molecule has 1 spiro atoms. The zero-order valence-corrected chi connectivity index (χ0v) is 10.5. The number of hydrogen-bond donors (Lipinski definition) is 1. The summed E-state index contributed by atoms with van der Waals surface area (Å²) in [6.07, 6.45) is 7.24. The van der Waals surface area contributed by atoms with Gasteiger partial charge in [-0.2, -0.15) is 0 Å². The summed E-state index contributed by atoms with van der Waals surface area (Å²) in [6, 6.07) is 8.75. The van der Waals surface area contributed by atoms with Crippen molar-refractivity contribution in [3.8, 4) is 0 Å². The summed E-state index contributed by atoms with van der Waals surface area (Å²) in [4.78, 5) is 2.52. The highest BCUT2D eigenvalue weighted by atomic mass is 15.2. The summed E-state index contributed by atoms with van der Waals surface area (Å²) in [6.45, 7) is 3.19. The van der Waals surface area contributed by atoms with E-state index < -0.39 is 0 Å². The molecule has 0 bridgehead atoms. The van der Waals surface area contributed by atoms with Crippen LogP contribution in [0.3, 0.4) is 0 Å². The van der Waals surface area contributed by atoms with E-state index in [1.54, 1.807) is 0 Å². The Kier molecular flexibility index (Phi) is 2.83. The highest BCUT2D eigenvalue weighted by Crippen LogP contribution is 2.45. The Morgan fingerprint density at radius 1 is 1.00 bits per heavy atom. The van der Waals surface area contributed by atoms with Crippen LogP contribution in [-0.4, -0.2) is 13.1 Å². The largest absolute Gasteiger partial charge is 0.370 e. The topological polar surface area (TPSA) is 29.3 Å². The van der Waals surface area contributed by atoms with Crippen LogP contribution in [-0.2, 0) is 6.54 Å². The van der Waals surface area contributed by atoms with Gasteiger partial charge in [-0.25, -0.2) is 0 Å². The minimum Gasteiger partial charge on any atom is -0.370 e. The van der Waals surface area contributed by atoms with Gasteiger partial charge in [0.25, 0.3) is 0 Å². The van der Waals surface area contributed by atoms with Crippen molar-refractivity contribution in [3.05, 3.63) is 29.8 Å². The molecule has 92 valence electrons. The Morgan fingerprint density at radius 2 is 1.65 bits per heavy atom. The SMILES string of the molecule is NCc1ccc(N2CC3(CCCCC3)C2)cc1. The van der Waals surface area contributed by atoms with E-state index >= 15 is 0 Å². The average Bonchev–Trinajstić information content (AvgIpc) is 2.37.